The van der Waals surface area contributed by atoms with Gasteiger partial charge in [0.1, 0.15) is 5.70 Å². The molecule has 6 nitrogen and oxygen atoms in total. The normalized spacial score (nSPS) is 12.0. The molecule has 0 fully saturated rings. The van der Waals surface area contributed by atoms with E-state index in [1.807, 2.05) is 54.8 Å². The summed E-state index contributed by atoms with van der Waals surface area (Å²) in [5.74, 6) is 0.174. The lowest BCUT2D eigenvalue weighted by atomic mass is 10.0. The molecule has 2 amide bonds. The average Bonchev–Trinajstić information content (AvgIpc) is 3.35. The number of benzene rings is 2. The first-order chi connectivity index (χ1) is 15.5. The molecule has 0 aliphatic rings. The Labute approximate surface area is 191 Å². The number of carbonyl (C=O) groups is 2. The first-order valence-corrected chi connectivity index (χ1v) is 11.1. The second kappa shape index (κ2) is 11.2. The van der Waals surface area contributed by atoms with Gasteiger partial charge in [0.15, 0.2) is 11.5 Å². The number of nitrogens with one attached hydrogen (secondary N) is 2. The summed E-state index contributed by atoms with van der Waals surface area (Å²) in [7, 11) is 3.03. The van der Waals surface area contributed by atoms with E-state index in [0.29, 0.717) is 23.5 Å². The molecule has 0 bridgehead atoms. The van der Waals surface area contributed by atoms with Gasteiger partial charge < -0.3 is 20.1 Å². The number of hydrogen-bond acceptors (Lipinski definition) is 5. The van der Waals surface area contributed by atoms with Crippen LogP contribution in [-0.4, -0.2) is 26.0 Å². The van der Waals surface area contributed by atoms with Crippen LogP contribution in [0.15, 0.2) is 71.7 Å². The zero-order chi connectivity index (χ0) is 22.9. The molecule has 1 atom stereocenters. The van der Waals surface area contributed by atoms with Crippen LogP contribution in [-0.2, 0) is 4.79 Å². The van der Waals surface area contributed by atoms with E-state index in [2.05, 4.69) is 10.6 Å². The van der Waals surface area contributed by atoms with E-state index < -0.39 is 5.91 Å². The summed E-state index contributed by atoms with van der Waals surface area (Å²) in [6, 6.07) is 18.2. The number of hydrogen-bond donors (Lipinski definition) is 2. The Morgan fingerprint density at radius 2 is 1.75 bits per heavy atom. The van der Waals surface area contributed by atoms with Crippen molar-refractivity contribution in [2.45, 2.75) is 19.4 Å². The lowest BCUT2D eigenvalue weighted by Gasteiger charge is -2.19. The monoisotopic (exact) mass is 450 g/mol. The molecular weight excluding hydrogens is 424 g/mol. The van der Waals surface area contributed by atoms with Gasteiger partial charge in [-0.3, -0.25) is 9.59 Å². The second-order valence-corrected chi connectivity index (χ2v) is 7.92. The Kier molecular flexibility index (Phi) is 8.05. The fourth-order valence-electron chi connectivity index (χ4n) is 3.19. The smallest absolute Gasteiger partial charge is 0.268 e. The minimum atomic E-state index is -0.420. The van der Waals surface area contributed by atoms with E-state index in [1.54, 1.807) is 24.3 Å². The maximum absolute atomic E-state index is 13.2. The van der Waals surface area contributed by atoms with Crippen LogP contribution in [0, 0.1) is 0 Å². The maximum Gasteiger partial charge on any atom is 0.268 e. The van der Waals surface area contributed by atoms with Crippen molar-refractivity contribution in [2.75, 3.05) is 14.2 Å². The molecule has 3 rings (SSSR count). The van der Waals surface area contributed by atoms with Gasteiger partial charge in [0, 0.05) is 10.4 Å². The van der Waals surface area contributed by atoms with Crippen molar-refractivity contribution >= 4 is 29.2 Å². The molecule has 2 aromatic carbocycles. The van der Waals surface area contributed by atoms with E-state index >= 15 is 0 Å². The van der Waals surface area contributed by atoms with Crippen LogP contribution in [0.25, 0.3) is 6.08 Å². The van der Waals surface area contributed by atoms with Crippen LogP contribution in [0.2, 0.25) is 0 Å². The largest absolute Gasteiger partial charge is 0.493 e. The summed E-state index contributed by atoms with van der Waals surface area (Å²) in [4.78, 5) is 27.0. The van der Waals surface area contributed by atoms with Crippen molar-refractivity contribution in [1.82, 2.24) is 10.6 Å². The van der Waals surface area contributed by atoms with E-state index in [-0.39, 0.29) is 17.6 Å². The number of ether oxygens (including phenoxy) is 2. The third-order valence-electron chi connectivity index (χ3n) is 4.88. The summed E-state index contributed by atoms with van der Waals surface area (Å²) in [5.41, 5.74) is 1.52. The van der Waals surface area contributed by atoms with Gasteiger partial charge in [0.25, 0.3) is 11.8 Å². The quantitative estimate of drug-likeness (QED) is 0.459. The Morgan fingerprint density at radius 1 is 1.00 bits per heavy atom. The van der Waals surface area contributed by atoms with Crippen molar-refractivity contribution in [3.05, 3.63) is 87.7 Å². The van der Waals surface area contributed by atoms with Gasteiger partial charge in [0.2, 0.25) is 0 Å². The molecule has 1 aromatic heterocycles. The van der Waals surface area contributed by atoms with Gasteiger partial charge in [-0.2, -0.15) is 0 Å². The van der Waals surface area contributed by atoms with E-state index in [4.69, 9.17) is 9.47 Å². The average molecular weight is 451 g/mol. The van der Waals surface area contributed by atoms with Crippen molar-refractivity contribution < 1.29 is 19.1 Å². The Hall–Kier alpha value is -3.58. The molecule has 0 radical (unpaired) electrons. The topological polar surface area (TPSA) is 76.7 Å². The Morgan fingerprint density at radius 3 is 2.38 bits per heavy atom. The van der Waals surface area contributed by atoms with Crippen molar-refractivity contribution in [2.24, 2.45) is 0 Å². The van der Waals surface area contributed by atoms with Gasteiger partial charge >= 0.3 is 0 Å². The van der Waals surface area contributed by atoms with Gasteiger partial charge in [-0.15, -0.1) is 11.3 Å². The molecule has 7 heteroatoms. The molecule has 3 aromatic rings. The highest BCUT2D eigenvalue weighted by Gasteiger charge is 2.19. The van der Waals surface area contributed by atoms with E-state index in [9.17, 15) is 9.59 Å². The summed E-state index contributed by atoms with van der Waals surface area (Å²) in [6.45, 7) is 2.00. The Bertz CT molecular complexity index is 1080. The van der Waals surface area contributed by atoms with Crippen LogP contribution in [0.1, 0.15) is 40.2 Å². The van der Waals surface area contributed by atoms with Crippen molar-refractivity contribution in [3.8, 4) is 11.5 Å². The van der Waals surface area contributed by atoms with Gasteiger partial charge in [-0.1, -0.05) is 43.3 Å². The fourth-order valence-corrected chi connectivity index (χ4v) is 3.85. The summed E-state index contributed by atoms with van der Waals surface area (Å²) >= 11 is 1.48. The number of thiophene rings is 1. The molecule has 2 N–H and O–H groups in total. The molecule has 0 aliphatic carbocycles. The Balaban J connectivity index is 1.85. The number of methoxy groups -OCH3 is 2. The number of carbonyl (C=O) groups excluding carboxylic acids is 2. The van der Waals surface area contributed by atoms with Crippen LogP contribution < -0.4 is 20.1 Å². The molecule has 0 unspecified atom stereocenters. The predicted molar refractivity (Wildman–Crippen MR) is 127 cm³/mol. The second-order valence-electron chi connectivity index (χ2n) is 6.94. The van der Waals surface area contributed by atoms with Crippen LogP contribution in [0.5, 0.6) is 11.5 Å². The van der Waals surface area contributed by atoms with Crippen LogP contribution >= 0.6 is 11.3 Å². The van der Waals surface area contributed by atoms with Crippen LogP contribution in [0.3, 0.4) is 0 Å². The van der Waals surface area contributed by atoms with E-state index in [1.165, 1.54) is 25.6 Å². The minimum Gasteiger partial charge on any atom is -0.493 e. The third-order valence-corrected chi connectivity index (χ3v) is 5.70. The molecule has 0 saturated heterocycles. The number of rotatable bonds is 9. The van der Waals surface area contributed by atoms with Gasteiger partial charge in [-0.25, -0.2) is 0 Å². The zero-order valence-electron chi connectivity index (χ0n) is 18.3. The predicted octanol–water partition coefficient (Wildman–Crippen LogP) is 4.80. The highest BCUT2D eigenvalue weighted by molar-refractivity contribution is 7.10. The lowest BCUT2D eigenvalue weighted by molar-refractivity contribution is -0.118. The highest BCUT2D eigenvalue weighted by Crippen LogP contribution is 2.27. The molecule has 0 saturated carbocycles. The first kappa shape index (κ1) is 23.1. The molecular formula is C25H26N2O4S. The summed E-state index contributed by atoms with van der Waals surface area (Å²) in [5, 5.41) is 7.71. The van der Waals surface area contributed by atoms with Crippen molar-refractivity contribution in [3.63, 3.8) is 0 Å². The fraction of sp³-hybridized carbons (Fsp3) is 0.200. The SMILES string of the molecule is CC[C@@H](NC(=O)/C(=C/c1cccs1)NC(=O)c1ccc(OC)c(OC)c1)c1ccccc1. The lowest BCUT2D eigenvalue weighted by Crippen LogP contribution is -2.36. The van der Waals surface area contributed by atoms with Gasteiger partial charge in [0.05, 0.1) is 20.3 Å². The minimum absolute atomic E-state index is 0.168. The molecule has 1 heterocycles. The molecule has 32 heavy (non-hydrogen) atoms. The van der Waals surface area contributed by atoms with E-state index in [0.717, 1.165) is 10.4 Å². The molecule has 166 valence electrons. The third kappa shape index (κ3) is 5.76. The van der Waals surface area contributed by atoms with Crippen molar-refractivity contribution in [1.29, 1.82) is 0 Å². The molecule has 0 spiro atoms. The zero-order valence-corrected chi connectivity index (χ0v) is 19.1. The number of amides is 2. The standard InChI is InChI=1S/C25H26N2O4S/c1-4-20(17-9-6-5-7-10-17)26-25(29)21(16-19-11-8-14-32-19)27-24(28)18-12-13-22(30-2)23(15-18)31-3/h5-16,20H,4H2,1-3H3,(H,26,29)(H,27,28)/b21-16-/t20-/m1/s1. The van der Waals surface area contributed by atoms with Gasteiger partial charge in [-0.05, 0) is 47.7 Å². The summed E-state index contributed by atoms with van der Waals surface area (Å²) < 4.78 is 10.5. The first-order valence-electron chi connectivity index (χ1n) is 10.2. The highest BCUT2D eigenvalue weighted by atomic mass is 32.1. The maximum atomic E-state index is 13.2. The summed E-state index contributed by atoms with van der Waals surface area (Å²) in [6.07, 6.45) is 2.39. The van der Waals surface area contributed by atoms with Crippen LogP contribution in [0.4, 0.5) is 0 Å². The molecule has 0 aliphatic heterocycles.